The van der Waals surface area contributed by atoms with Crippen LogP contribution in [0, 0.1) is 6.92 Å². The van der Waals surface area contributed by atoms with Gasteiger partial charge < -0.3 is 24.7 Å². The minimum Gasteiger partial charge on any atom is -0.457 e. The fraction of sp³-hybridized carbons (Fsp3) is 0.310. The van der Waals surface area contributed by atoms with Gasteiger partial charge >= 0.3 is 0 Å². The second-order valence-corrected chi connectivity index (χ2v) is 9.54. The highest BCUT2D eigenvalue weighted by Gasteiger charge is 2.13. The molecule has 0 saturated heterocycles. The summed E-state index contributed by atoms with van der Waals surface area (Å²) in [6.07, 6.45) is 2.57. The first-order valence-electron chi connectivity index (χ1n) is 12.5. The molecular weight excluding hydrogens is 466 g/mol. The number of ketones is 1. The number of carbonyl (C=O) groups is 2. The van der Waals surface area contributed by atoms with E-state index in [9.17, 15) is 9.59 Å². The summed E-state index contributed by atoms with van der Waals surface area (Å²) >= 11 is 0. The number of carbonyl (C=O) groups excluding carboxylic acids is 2. The molecular formula is C29H33N5O3. The lowest BCUT2D eigenvalue weighted by molar-refractivity contribution is -0.117. The van der Waals surface area contributed by atoms with Crippen molar-refractivity contribution < 1.29 is 14.3 Å². The summed E-state index contributed by atoms with van der Waals surface area (Å²) in [4.78, 5) is 32.4. The van der Waals surface area contributed by atoms with E-state index >= 15 is 0 Å². The Bertz CT molecular complexity index is 1440. The number of hydrogen-bond acceptors (Lipinski definition) is 6. The number of nitrogens with one attached hydrogen (secondary N) is 2. The van der Waals surface area contributed by atoms with Crippen LogP contribution in [0.2, 0.25) is 0 Å². The molecule has 0 bridgehead atoms. The second kappa shape index (κ2) is 11.2. The molecule has 0 spiro atoms. The Morgan fingerprint density at radius 3 is 2.59 bits per heavy atom. The van der Waals surface area contributed by atoms with Crippen LogP contribution in [0.4, 0.5) is 11.6 Å². The maximum Gasteiger partial charge on any atom is 0.270 e. The van der Waals surface area contributed by atoms with E-state index in [-0.39, 0.29) is 17.4 Å². The third kappa shape index (κ3) is 6.33. The summed E-state index contributed by atoms with van der Waals surface area (Å²) in [5.41, 5.74) is 5.58. The van der Waals surface area contributed by atoms with Crippen molar-refractivity contribution in [1.82, 2.24) is 19.9 Å². The monoisotopic (exact) mass is 499 g/mol. The van der Waals surface area contributed by atoms with Crippen LogP contribution in [0.5, 0.6) is 11.5 Å². The predicted octanol–water partition coefficient (Wildman–Crippen LogP) is 6.04. The Morgan fingerprint density at radius 2 is 1.84 bits per heavy atom. The zero-order valence-corrected chi connectivity index (χ0v) is 22.0. The minimum absolute atomic E-state index is 0.103. The Morgan fingerprint density at radius 1 is 1.05 bits per heavy atom. The molecule has 2 aromatic carbocycles. The molecule has 0 aliphatic rings. The summed E-state index contributed by atoms with van der Waals surface area (Å²) < 4.78 is 8.03. The first kappa shape index (κ1) is 25.9. The standard InChI is InChI=1S/C29H33N5O3/c1-18(2)24-15-21(9-8-19(24)3)32-29-33-25-16-22(10-11-27(25)34(29)5)37-23-12-14-30-26(17-23)28(36)31-13-6-7-20(4)35/h8-12,14-18H,6-7,13H2,1-5H3,(H,31,36)(H,32,33). The topological polar surface area (TPSA) is 98.1 Å². The summed E-state index contributed by atoms with van der Waals surface area (Å²) in [7, 11) is 1.97. The number of benzene rings is 2. The fourth-order valence-electron chi connectivity index (χ4n) is 4.19. The maximum absolute atomic E-state index is 12.4. The van der Waals surface area contributed by atoms with Crippen LogP contribution in [0.1, 0.15) is 61.1 Å². The molecule has 2 N–H and O–H groups in total. The van der Waals surface area contributed by atoms with Gasteiger partial charge in [-0.05, 0) is 67.6 Å². The number of ether oxygens (including phenoxy) is 1. The van der Waals surface area contributed by atoms with Crippen LogP contribution in [-0.4, -0.2) is 32.8 Å². The molecule has 2 aromatic heterocycles. The summed E-state index contributed by atoms with van der Waals surface area (Å²) in [5, 5.41) is 6.22. The van der Waals surface area contributed by atoms with Gasteiger partial charge in [-0.1, -0.05) is 19.9 Å². The van der Waals surface area contributed by atoms with Gasteiger partial charge in [0.15, 0.2) is 0 Å². The van der Waals surface area contributed by atoms with Crippen molar-refractivity contribution in [3.05, 3.63) is 71.5 Å². The third-order valence-corrected chi connectivity index (χ3v) is 6.20. The zero-order valence-electron chi connectivity index (χ0n) is 22.0. The number of hydrogen-bond donors (Lipinski definition) is 2. The number of Topliss-reactive ketones (excluding diaryl/α,β-unsaturated/α-hetero) is 1. The maximum atomic E-state index is 12.4. The molecule has 0 radical (unpaired) electrons. The molecule has 8 heteroatoms. The Kier molecular flexibility index (Phi) is 7.86. The molecule has 1 amide bonds. The molecule has 8 nitrogen and oxygen atoms in total. The van der Waals surface area contributed by atoms with Crippen LogP contribution >= 0.6 is 0 Å². The number of rotatable bonds is 10. The lowest BCUT2D eigenvalue weighted by atomic mass is 9.97. The van der Waals surface area contributed by atoms with Crippen LogP contribution in [0.15, 0.2) is 54.7 Å². The Labute approximate surface area is 217 Å². The van der Waals surface area contributed by atoms with E-state index in [1.165, 1.54) is 24.2 Å². The lowest BCUT2D eigenvalue weighted by Gasteiger charge is -2.13. The van der Waals surface area contributed by atoms with Gasteiger partial charge in [-0.3, -0.25) is 9.78 Å². The number of aryl methyl sites for hydroxylation is 2. The van der Waals surface area contributed by atoms with Gasteiger partial charge in [0, 0.05) is 44.0 Å². The molecule has 0 atom stereocenters. The number of pyridine rings is 1. The van der Waals surface area contributed by atoms with E-state index < -0.39 is 0 Å². The molecule has 2 heterocycles. The number of imidazole rings is 1. The quantitative estimate of drug-likeness (QED) is 0.258. The molecule has 0 saturated carbocycles. The van der Waals surface area contributed by atoms with Crippen molar-refractivity contribution in [2.24, 2.45) is 7.05 Å². The largest absolute Gasteiger partial charge is 0.457 e. The van der Waals surface area contributed by atoms with Crippen LogP contribution < -0.4 is 15.4 Å². The lowest BCUT2D eigenvalue weighted by Crippen LogP contribution is -2.25. The first-order chi connectivity index (χ1) is 17.7. The number of nitrogens with zero attached hydrogens (tertiary/aromatic N) is 3. The van der Waals surface area contributed by atoms with E-state index in [0.29, 0.717) is 36.8 Å². The van der Waals surface area contributed by atoms with Gasteiger partial charge in [-0.25, -0.2) is 4.98 Å². The highest BCUT2D eigenvalue weighted by atomic mass is 16.5. The molecule has 0 unspecified atom stereocenters. The molecule has 4 rings (SSSR count). The molecule has 0 aliphatic heterocycles. The van der Waals surface area contributed by atoms with Gasteiger partial charge in [-0.2, -0.15) is 0 Å². The summed E-state index contributed by atoms with van der Waals surface area (Å²) in [5.74, 6) is 2.08. The summed E-state index contributed by atoms with van der Waals surface area (Å²) in [6.45, 7) is 8.47. The first-order valence-corrected chi connectivity index (χ1v) is 12.5. The van der Waals surface area contributed by atoms with Crippen molar-refractivity contribution in [2.75, 3.05) is 11.9 Å². The molecule has 0 fully saturated rings. The van der Waals surface area contributed by atoms with Gasteiger partial charge in [0.25, 0.3) is 5.91 Å². The molecule has 192 valence electrons. The minimum atomic E-state index is -0.304. The van der Waals surface area contributed by atoms with E-state index in [0.717, 1.165) is 22.7 Å². The molecule has 37 heavy (non-hydrogen) atoms. The van der Waals surface area contributed by atoms with Gasteiger partial charge in [0.1, 0.15) is 23.0 Å². The number of amides is 1. The number of fused-ring (bicyclic) bond motifs is 1. The highest BCUT2D eigenvalue weighted by molar-refractivity contribution is 5.92. The van der Waals surface area contributed by atoms with Crippen molar-refractivity contribution >= 4 is 34.4 Å². The van der Waals surface area contributed by atoms with Crippen molar-refractivity contribution in [1.29, 1.82) is 0 Å². The van der Waals surface area contributed by atoms with Crippen molar-refractivity contribution in [2.45, 2.75) is 46.5 Å². The second-order valence-electron chi connectivity index (χ2n) is 9.54. The average molecular weight is 500 g/mol. The summed E-state index contributed by atoms with van der Waals surface area (Å²) in [6, 6.07) is 15.4. The van der Waals surface area contributed by atoms with Crippen molar-refractivity contribution in [3.63, 3.8) is 0 Å². The number of aromatic nitrogens is 3. The number of anilines is 2. The zero-order chi connectivity index (χ0) is 26.5. The smallest absolute Gasteiger partial charge is 0.270 e. The average Bonchev–Trinajstić information content (AvgIpc) is 3.17. The van der Waals surface area contributed by atoms with Gasteiger partial charge in [0.05, 0.1) is 11.0 Å². The molecule has 4 aromatic rings. The van der Waals surface area contributed by atoms with Crippen molar-refractivity contribution in [3.8, 4) is 11.5 Å². The SMILES string of the molecule is CC(=O)CCCNC(=O)c1cc(Oc2ccc3c(c2)nc(Nc2ccc(C)c(C(C)C)c2)n3C)ccn1. The van der Waals surface area contributed by atoms with E-state index in [1.807, 2.05) is 29.8 Å². The highest BCUT2D eigenvalue weighted by Crippen LogP contribution is 2.29. The van der Waals surface area contributed by atoms with Crippen LogP contribution in [0.3, 0.4) is 0 Å². The van der Waals surface area contributed by atoms with Crippen LogP contribution in [0.25, 0.3) is 11.0 Å². The fourth-order valence-corrected chi connectivity index (χ4v) is 4.19. The Balaban J connectivity index is 1.48. The third-order valence-electron chi connectivity index (χ3n) is 6.20. The van der Waals surface area contributed by atoms with Crippen LogP contribution in [-0.2, 0) is 11.8 Å². The molecule has 0 aliphatic carbocycles. The predicted molar refractivity (Wildman–Crippen MR) is 146 cm³/mol. The van der Waals surface area contributed by atoms with Gasteiger partial charge in [0.2, 0.25) is 5.95 Å². The van der Waals surface area contributed by atoms with E-state index in [2.05, 4.69) is 54.6 Å². The normalized spacial score (nSPS) is 11.1. The van der Waals surface area contributed by atoms with Gasteiger partial charge in [-0.15, -0.1) is 0 Å². The van der Waals surface area contributed by atoms with E-state index in [1.54, 1.807) is 12.1 Å². The Hall–Kier alpha value is -4.20. The van der Waals surface area contributed by atoms with E-state index in [4.69, 9.17) is 9.72 Å².